The van der Waals surface area contributed by atoms with Crippen molar-refractivity contribution in [3.05, 3.63) is 40.4 Å². The van der Waals surface area contributed by atoms with Crippen LogP contribution in [-0.4, -0.2) is 9.78 Å². The fourth-order valence-electron chi connectivity index (χ4n) is 1.62. The second kappa shape index (κ2) is 4.86. The van der Waals surface area contributed by atoms with Gasteiger partial charge in [-0.25, -0.2) is 4.39 Å². The molecule has 3 N–H and O–H groups in total. The number of aryl methyl sites for hydroxylation is 1. The molecule has 18 heavy (non-hydrogen) atoms. The van der Waals surface area contributed by atoms with E-state index in [9.17, 15) is 4.39 Å². The largest absolute Gasteiger partial charge is 0.397 e. The standard InChI is InChI=1S/C12H14ClFN4/c1-7-8(6-17-18(7)2)5-16-12-4-10(14)9(13)3-11(12)15/h3-4,6,16H,5,15H2,1-2H3. The van der Waals surface area contributed by atoms with Crippen molar-refractivity contribution in [2.24, 2.45) is 7.05 Å². The normalized spacial score (nSPS) is 10.7. The third-order valence-corrected chi connectivity index (χ3v) is 3.19. The summed E-state index contributed by atoms with van der Waals surface area (Å²) >= 11 is 5.64. The first kappa shape index (κ1) is 12.7. The van der Waals surface area contributed by atoms with E-state index in [-0.39, 0.29) is 5.02 Å². The fourth-order valence-corrected chi connectivity index (χ4v) is 1.80. The highest BCUT2D eigenvalue weighted by Crippen LogP contribution is 2.26. The molecular weight excluding hydrogens is 255 g/mol. The molecular formula is C12H14ClFN4. The van der Waals surface area contributed by atoms with Crippen LogP contribution < -0.4 is 11.1 Å². The van der Waals surface area contributed by atoms with Crippen molar-refractivity contribution in [1.82, 2.24) is 9.78 Å². The topological polar surface area (TPSA) is 55.9 Å². The lowest BCUT2D eigenvalue weighted by molar-refractivity contribution is 0.629. The molecule has 0 bridgehead atoms. The number of nitrogens with two attached hydrogens (primary N) is 1. The zero-order chi connectivity index (χ0) is 13.3. The van der Waals surface area contributed by atoms with E-state index in [2.05, 4.69) is 10.4 Å². The number of nitrogens with one attached hydrogen (secondary N) is 1. The van der Waals surface area contributed by atoms with E-state index in [1.807, 2.05) is 14.0 Å². The van der Waals surface area contributed by atoms with E-state index in [0.29, 0.717) is 17.9 Å². The molecule has 2 aromatic rings. The van der Waals surface area contributed by atoms with Gasteiger partial charge in [0.05, 0.1) is 22.6 Å². The number of nitrogen functional groups attached to an aromatic ring is 1. The number of benzene rings is 1. The van der Waals surface area contributed by atoms with Crippen molar-refractivity contribution in [3.63, 3.8) is 0 Å². The number of anilines is 2. The Morgan fingerprint density at radius 2 is 2.22 bits per heavy atom. The highest BCUT2D eigenvalue weighted by atomic mass is 35.5. The third kappa shape index (κ3) is 2.41. The monoisotopic (exact) mass is 268 g/mol. The second-order valence-corrected chi connectivity index (χ2v) is 4.49. The van der Waals surface area contributed by atoms with Crippen LogP contribution in [0.1, 0.15) is 11.3 Å². The predicted molar refractivity (Wildman–Crippen MR) is 71.1 cm³/mol. The van der Waals surface area contributed by atoms with Gasteiger partial charge >= 0.3 is 0 Å². The van der Waals surface area contributed by atoms with E-state index in [1.54, 1.807) is 10.9 Å². The van der Waals surface area contributed by atoms with Crippen LogP contribution in [0.3, 0.4) is 0 Å². The number of halogens is 2. The van der Waals surface area contributed by atoms with Gasteiger partial charge in [-0.15, -0.1) is 0 Å². The number of aromatic nitrogens is 2. The highest BCUT2D eigenvalue weighted by molar-refractivity contribution is 6.31. The number of hydrogen-bond acceptors (Lipinski definition) is 3. The van der Waals surface area contributed by atoms with Crippen molar-refractivity contribution in [2.45, 2.75) is 13.5 Å². The van der Waals surface area contributed by atoms with Gasteiger partial charge in [0.25, 0.3) is 0 Å². The Hall–Kier alpha value is -1.75. The van der Waals surface area contributed by atoms with Gasteiger partial charge in [0.2, 0.25) is 0 Å². The minimum Gasteiger partial charge on any atom is -0.397 e. The lowest BCUT2D eigenvalue weighted by Gasteiger charge is -2.10. The average molecular weight is 269 g/mol. The van der Waals surface area contributed by atoms with E-state index in [0.717, 1.165) is 11.3 Å². The van der Waals surface area contributed by atoms with Crippen molar-refractivity contribution >= 4 is 23.0 Å². The minimum atomic E-state index is -0.490. The Labute approximate surface area is 110 Å². The van der Waals surface area contributed by atoms with E-state index in [4.69, 9.17) is 17.3 Å². The fraction of sp³-hybridized carbons (Fsp3) is 0.250. The van der Waals surface area contributed by atoms with Crippen LogP contribution in [0.25, 0.3) is 0 Å². The van der Waals surface area contributed by atoms with Gasteiger partial charge in [0, 0.05) is 30.9 Å². The molecule has 4 nitrogen and oxygen atoms in total. The van der Waals surface area contributed by atoms with Crippen LogP contribution in [0.15, 0.2) is 18.3 Å². The van der Waals surface area contributed by atoms with Gasteiger partial charge in [-0.05, 0) is 13.0 Å². The molecule has 0 fully saturated rings. The Bertz CT molecular complexity index is 580. The van der Waals surface area contributed by atoms with Gasteiger partial charge in [-0.2, -0.15) is 5.10 Å². The summed E-state index contributed by atoms with van der Waals surface area (Å²) in [6, 6.07) is 2.69. The molecule has 0 saturated heterocycles. The number of rotatable bonds is 3. The van der Waals surface area contributed by atoms with Crippen molar-refractivity contribution < 1.29 is 4.39 Å². The molecule has 6 heteroatoms. The second-order valence-electron chi connectivity index (χ2n) is 4.09. The summed E-state index contributed by atoms with van der Waals surface area (Å²) < 4.78 is 15.1. The molecule has 1 heterocycles. The summed E-state index contributed by atoms with van der Waals surface area (Å²) in [5, 5.41) is 7.23. The zero-order valence-electron chi connectivity index (χ0n) is 10.2. The average Bonchev–Trinajstić information content (AvgIpc) is 2.63. The molecule has 1 aromatic heterocycles. The zero-order valence-corrected chi connectivity index (χ0v) is 10.9. The maximum absolute atomic E-state index is 13.3. The van der Waals surface area contributed by atoms with Crippen LogP contribution in [-0.2, 0) is 13.6 Å². The highest BCUT2D eigenvalue weighted by Gasteiger charge is 2.08. The van der Waals surface area contributed by atoms with Crippen LogP contribution in [0, 0.1) is 12.7 Å². The summed E-state index contributed by atoms with van der Waals surface area (Å²) in [7, 11) is 1.87. The summed E-state index contributed by atoms with van der Waals surface area (Å²) in [4.78, 5) is 0. The molecule has 0 radical (unpaired) electrons. The predicted octanol–water partition coefficient (Wildman–Crippen LogP) is 2.72. The van der Waals surface area contributed by atoms with Crippen molar-refractivity contribution in [2.75, 3.05) is 11.1 Å². The molecule has 0 aliphatic heterocycles. The smallest absolute Gasteiger partial charge is 0.143 e. The first-order valence-corrected chi connectivity index (χ1v) is 5.82. The summed E-state index contributed by atoms with van der Waals surface area (Å²) in [5.41, 5.74) is 8.80. The van der Waals surface area contributed by atoms with E-state index >= 15 is 0 Å². The van der Waals surface area contributed by atoms with Gasteiger partial charge in [-0.1, -0.05) is 11.6 Å². The van der Waals surface area contributed by atoms with Gasteiger partial charge < -0.3 is 11.1 Å². The third-order valence-electron chi connectivity index (χ3n) is 2.90. The van der Waals surface area contributed by atoms with E-state index < -0.39 is 5.82 Å². The maximum atomic E-state index is 13.3. The Balaban J connectivity index is 2.16. The molecule has 0 aliphatic rings. The van der Waals surface area contributed by atoms with Crippen LogP contribution in [0.2, 0.25) is 5.02 Å². The number of hydrogen-bond donors (Lipinski definition) is 2. The molecule has 0 aliphatic carbocycles. The molecule has 2 rings (SSSR count). The summed E-state index contributed by atoms with van der Waals surface area (Å²) in [5.74, 6) is -0.490. The lowest BCUT2D eigenvalue weighted by Crippen LogP contribution is -2.04. The molecule has 1 aromatic carbocycles. The van der Waals surface area contributed by atoms with E-state index in [1.165, 1.54) is 12.1 Å². The quantitative estimate of drug-likeness (QED) is 0.842. The molecule has 0 saturated carbocycles. The van der Waals surface area contributed by atoms with Crippen LogP contribution in [0.4, 0.5) is 15.8 Å². The van der Waals surface area contributed by atoms with Crippen molar-refractivity contribution in [3.8, 4) is 0 Å². The molecule has 0 unspecified atom stereocenters. The van der Waals surface area contributed by atoms with Gasteiger partial charge in [-0.3, -0.25) is 4.68 Å². The minimum absolute atomic E-state index is 0.0237. The first-order chi connectivity index (χ1) is 8.49. The Morgan fingerprint density at radius 1 is 1.50 bits per heavy atom. The molecule has 0 atom stereocenters. The molecule has 0 spiro atoms. The molecule has 96 valence electrons. The van der Waals surface area contributed by atoms with Crippen LogP contribution >= 0.6 is 11.6 Å². The van der Waals surface area contributed by atoms with Gasteiger partial charge in [0.1, 0.15) is 5.82 Å². The van der Waals surface area contributed by atoms with Crippen molar-refractivity contribution in [1.29, 1.82) is 0 Å². The summed E-state index contributed by atoms with van der Waals surface area (Å²) in [6.07, 6.45) is 1.77. The molecule has 0 amide bonds. The van der Waals surface area contributed by atoms with Gasteiger partial charge in [0.15, 0.2) is 0 Å². The maximum Gasteiger partial charge on any atom is 0.143 e. The Kier molecular flexibility index (Phi) is 3.43. The lowest BCUT2D eigenvalue weighted by atomic mass is 10.2. The Morgan fingerprint density at radius 3 is 2.83 bits per heavy atom. The first-order valence-electron chi connectivity index (χ1n) is 5.45. The SMILES string of the molecule is Cc1c(CNc2cc(F)c(Cl)cc2N)cnn1C. The van der Waals surface area contributed by atoms with Crippen LogP contribution in [0.5, 0.6) is 0 Å². The summed E-state index contributed by atoms with van der Waals surface area (Å²) in [6.45, 7) is 2.50. The number of nitrogens with zero attached hydrogens (tertiary/aromatic N) is 2.